The van der Waals surface area contributed by atoms with Crippen LogP contribution in [0.5, 0.6) is 0 Å². The van der Waals surface area contributed by atoms with Gasteiger partial charge in [-0.05, 0) is 37.0 Å². The minimum absolute atomic E-state index is 0.0900. The fourth-order valence-corrected chi connectivity index (χ4v) is 2.56. The van der Waals surface area contributed by atoms with Gasteiger partial charge in [0, 0.05) is 18.8 Å². The molecule has 0 saturated carbocycles. The maximum Gasteiger partial charge on any atom is 0.245 e. The normalized spacial score (nSPS) is 24.0. The zero-order valence-electron chi connectivity index (χ0n) is 11.8. The molecule has 2 N–H and O–H groups in total. The van der Waals surface area contributed by atoms with E-state index in [1.807, 2.05) is 17.0 Å². The predicted molar refractivity (Wildman–Crippen MR) is 76.3 cm³/mol. The van der Waals surface area contributed by atoms with Crippen molar-refractivity contribution in [3.05, 3.63) is 29.3 Å². The number of nitrogens with one attached hydrogen (secondary N) is 1. The first-order valence-electron chi connectivity index (χ1n) is 6.76. The third kappa shape index (κ3) is 2.73. The Morgan fingerprint density at radius 1 is 1.42 bits per heavy atom. The van der Waals surface area contributed by atoms with Crippen LogP contribution in [0.2, 0.25) is 0 Å². The number of nitrogens with zero attached hydrogens (tertiary/aromatic N) is 1. The third-order valence-corrected chi connectivity index (χ3v) is 3.87. The highest BCUT2D eigenvalue weighted by atomic mass is 16.3. The quantitative estimate of drug-likeness (QED) is 0.843. The Morgan fingerprint density at radius 2 is 2.16 bits per heavy atom. The molecule has 1 saturated heterocycles. The predicted octanol–water partition coefficient (Wildman–Crippen LogP) is 1.24. The topological polar surface area (TPSA) is 52.6 Å². The number of amides is 1. The van der Waals surface area contributed by atoms with E-state index in [1.165, 1.54) is 11.1 Å². The van der Waals surface area contributed by atoms with Crippen molar-refractivity contribution >= 4 is 11.6 Å². The molecule has 0 radical (unpaired) electrons. The zero-order chi connectivity index (χ0) is 14.0. The van der Waals surface area contributed by atoms with Crippen LogP contribution in [0.25, 0.3) is 0 Å². The van der Waals surface area contributed by atoms with Crippen LogP contribution in [0, 0.1) is 19.8 Å². The fraction of sp³-hybridized carbons (Fsp3) is 0.533. The lowest BCUT2D eigenvalue weighted by atomic mass is 10.0. The SMILES string of the molecule is Cc1cccc(N2CC(C)CNC(=O)C2CO)c1C. The number of rotatable bonds is 2. The van der Waals surface area contributed by atoms with Crippen LogP contribution in [0.1, 0.15) is 18.1 Å². The van der Waals surface area contributed by atoms with Crippen molar-refractivity contribution in [2.45, 2.75) is 26.8 Å². The first-order valence-corrected chi connectivity index (χ1v) is 6.76. The molecule has 2 unspecified atom stereocenters. The van der Waals surface area contributed by atoms with Gasteiger partial charge >= 0.3 is 0 Å². The molecule has 4 heteroatoms. The minimum atomic E-state index is -0.495. The Hall–Kier alpha value is -1.55. The van der Waals surface area contributed by atoms with Gasteiger partial charge in [-0.2, -0.15) is 0 Å². The summed E-state index contributed by atoms with van der Waals surface area (Å²) < 4.78 is 0. The van der Waals surface area contributed by atoms with Crippen LogP contribution in [0.15, 0.2) is 18.2 Å². The van der Waals surface area contributed by atoms with Crippen molar-refractivity contribution in [2.24, 2.45) is 5.92 Å². The molecular weight excluding hydrogens is 240 g/mol. The molecule has 0 bridgehead atoms. The monoisotopic (exact) mass is 262 g/mol. The second kappa shape index (κ2) is 5.61. The van der Waals surface area contributed by atoms with E-state index in [1.54, 1.807) is 0 Å². The number of carbonyl (C=O) groups excluding carboxylic acids is 1. The number of carbonyl (C=O) groups is 1. The Bertz CT molecular complexity index is 473. The maximum atomic E-state index is 12.1. The fourth-order valence-electron chi connectivity index (χ4n) is 2.56. The molecule has 0 spiro atoms. The van der Waals surface area contributed by atoms with Gasteiger partial charge in [-0.25, -0.2) is 0 Å². The van der Waals surface area contributed by atoms with Gasteiger partial charge in [0.15, 0.2) is 0 Å². The van der Waals surface area contributed by atoms with Gasteiger partial charge in [0.1, 0.15) is 6.04 Å². The molecule has 1 aliphatic heterocycles. The Balaban J connectivity index is 2.42. The second-order valence-corrected chi connectivity index (χ2v) is 5.42. The lowest BCUT2D eigenvalue weighted by Crippen LogP contribution is -2.47. The van der Waals surface area contributed by atoms with Crippen molar-refractivity contribution in [3.63, 3.8) is 0 Å². The lowest BCUT2D eigenvalue weighted by Gasteiger charge is -2.32. The maximum absolute atomic E-state index is 12.1. The molecule has 1 aliphatic rings. The van der Waals surface area contributed by atoms with E-state index in [2.05, 4.69) is 32.2 Å². The first kappa shape index (κ1) is 13.9. The van der Waals surface area contributed by atoms with Gasteiger partial charge in [0.25, 0.3) is 0 Å². The van der Waals surface area contributed by atoms with Crippen LogP contribution >= 0.6 is 0 Å². The average Bonchev–Trinajstić information content (AvgIpc) is 2.52. The summed E-state index contributed by atoms with van der Waals surface area (Å²) in [5, 5.41) is 12.5. The van der Waals surface area contributed by atoms with E-state index in [4.69, 9.17) is 0 Å². The molecule has 1 amide bonds. The number of hydrogen-bond acceptors (Lipinski definition) is 3. The molecule has 2 atom stereocenters. The van der Waals surface area contributed by atoms with E-state index in [0.29, 0.717) is 12.5 Å². The zero-order valence-corrected chi connectivity index (χ0v) is 11.8. The summed E-state index contributed by atoms with van der Waals surface area (Å²) in [6.07, 6.45) is 0. The highest BCUT2D eigenvalue weighted by Crippen LogP contribution is 2.26. The Labute approximate surface area is 114 Å². The number of anilines is 1. The smallest absolute Gasteiger partial charge is 0.245 e. The summed E-state index contributed by atoms with van der Waals surface area (Å²) in [6.45, 7) is 7.51. The van der Waals surface area contributed by atoms with Crippen LogP contribution in [-0.4, -0.2) is 36.8 Å². The molecule has 1 fully saturated rings. The standard InChI is InChI=1S/C15H22N2O2/c1-10-7-16-15(19)14(9-18)17(8-10)13-6-4-5-11(2)12(13)3/h4-6,10,14,18H,7-9H2,1-3H3,(H,16,19). The molecule has 0 aliphatic carbocycles. The summed E-state index contributed by atoms with van der Waals surface area (Å²) in [4.78, 5) is 14.1. The molecule has 104 valence electrons. The Morgan fingerprint density at radius 3 is 2.84 bits per heavy atom. The van der Waals surface area contributed by atoms with Gasteiger partial charge in [0.2, 0.25) is 5.91 Å². The molecular formula is C15H22N2O2. The highest BCUT2D eigenvalue weighted by molar-refractivity contribution is 5.86. The molecule has 1 aromatic carbocycles. The van der Waals surface area contributed by atoms with E-state index < -0.39 is 6.04 Å². The third-order valence-electron chi connectivity index (χ3n) is 3.87. The van der Waals surface area contributed by atoms with E-state index >= 15 is 0 Å². The van der Waals surface area contributed by atoms with Gasteiger partial charge < -0.3 is 15.3 Å². The molecule has 1 heterocycles. The Kier molecular flexibility index (Phi) is 4.10. The minimum Gasteiger partial charge on any atom is -0.394 e. The number of hydrogen-bond donors (Lipinski definition) is 2. The molecule has 2 rings (SSSR count). The van der Waals surface area contributed by atoms with Crippen LogP contribution in [-0.2, 0) is 4.79 Å². The van der Waals surface area contributed by atoms with E-state index in [9.17, 15) is 9.90 Å². The molecule has 1 aromatic rings. The van der Waals surface area contributed by atoms with E-state index in [-0.39, 0.29) is 12.5 Å². The number of benzene rings is 1. The average molecular weight is 262 g/mol. The number of aliphatic hydroxyl groups excluding tert-OH is 1. The largest absolute Gasteiger partial charge is 0.394 e. The lowest BCUT2D eigenvalue weighted by molar-refractivity contribution is -0.122. The van der Waals surface area contributed by atoms with Gasteiger partial charge in [-0.3, -0.25) is 4.79 Å². The summed E-state index contributed by atoms with van der Waals surface area (Å²) in [6, 6.07) is 5.59. The van der Waals surface area contributed by atoms with Crippen LogP contribution < -0.4 is 10.2 Å². The molecule has 19 heavy (non-hydrogen) atoms. The number of aliphatic hydroxyl groups is 1. The molecule has 0 aromatic heterocycles. The van der Waals surface area contributed by atoms with Crippen molar-refractivity contribution in [1.29, 1.82) is 0 Å². The van der Waals surface area contributed by atoms with Crippen LogP contribution in [0.3, 0.4) is 0 Å². The van der Waals surface area contributed by atoms with Crippen LogP contribution in [0.4, 0.5) is 5.69 Å². The van der Waals surface area contributed by atoms with E-state index in [0.717, 1.165) is 12.2 Å². The highest BCUT2D eigenvalue weighted by Gasteiger charge is 2.30. The van der Waals surface area contributed by atoms with Crippen molar-refractivity contribution < 1.29 is 9.90 Å². The summed E-state index contributed by atoms with van der Waals surface area (Å²) in [5.41, 5.74) is 3.41. The molecule has 4 nitrogen and oxygen atoms in total. The van der Waals surface area contributed by atoms with Gasteiger partial charge in [0.05, 0.1) is 6.61 Å². The van der Waals surface area contributed by atoms with Gasteiger partial charge in [-0.1, -0.05) is 19.1 Å². The first-order chi connectivity index (χ1) is 9.04. The van der Waals surface area contributed by atoms with Gasteiger partial charge in [-0.15, -0.1) is 0 Å². The summed E-state index contributed by atoms with van der Waals surface area (Å²) in [7, 11) is 0. The van der Waals surface area contributed by atoms with Crippen molar-refractivity contribution in [3.8, 4) is 0 Å². The summed E-state index contributed by atoms with van der Waals surface area (Å²) >= 11 is 0. The van der Waals surface area contributed by atoms with Crippen molar-refractivity contribution in [2.75, 3.05) is 24.6 Å². The number of aryl methyl sites for hydroxylation is 1. The second-order valence-electron chi connectivity index (χ2n) is 5.42. The van der Waals surface area contributed by atoms with Crippen molar-refractivity contribution in [1.82, 2.24) is 5.32 Å². The summed E-state index contributed by atoms with van der Waals surface area (Å²) in [5.74, 6) is 0.271.